The minimum atomic E-state index is -0.773. The van der Waals surface area contributed by atoms with E-state index in [0.29, 0.717) is 19.5 Å². The molecule has 0 saturated carbocycles. The maximum Gasteiger partial charge on any atom is 0.114 e. The lowest BCUT2D eigenvalue weighted by molar-refractivity contribution is 0.107. The van der Waals surface area contributed by atoms with Crippen LogP contribution in [0.5, 0.6) is 0 Å². The lowest BCUT2D eigenvalue weighted by atomic mass is 10.1. The summed E-state index contributed by atoms with van der Waals surface area (Å²) in [5, 5.41) is 10.4. The second-order valence-electron chi connectivity index (χ2n) is 6.92. The van der Waals surface area contributed by atoms with Crippen LogP contribution >= 0.6 is 11.3 Å². The molecule has 1 fully saturated rings. The molecule has 6 heteroatoms. The van der Waals surface area contributed by atoms with E-state index in [1.807, 2.05) is 49.8 Å². The molecule has 4 nitrogen and oxygen atoms in total. The van der Waals surface area contributed by atoms with Crippen molar-refractivity contribution in [2.24, 2.45) is 0 Å². The Morgan fingerprint density at radius 1 is 1.40 bits per heavy atom. The van der Waals surface area contributed by atoms with Gasteiger partial charge in [0.15, 0.2) is 0 Å². The van der Waals surface area contributed by atoms with Crippen LogP contribution in [0.2, 0.25) is 0 Å². The molecule has 1 N–H and O–H groups in total. The fraction of sp³-hybridized carbons (Fsp3) is 0.526. The van der Waals surface area contributed by atoms with Crippen LogP contribution in [-0.4, -0.2) is 58.8 Å². The van der Waals surface area contributed by atoms with Crippen molar-refractivity contribution in [2.75, 3.05) is 26.7 Å². The molecule has 3 atom stereocenters. The third kappa shape index (κ3) is 4.85. The van der Waals surface area contributed by atoms with Crippen LogP contribution in [-0.2, 0) is 6.54 Å². The molecule has 3 rings (SSSR count). The Hall–Kier alpha value is -1.34. The van der Waals surface area contributed by atoms with Gasteiger partial charge in [-0.3, -0.25) is 4.90 Å². The van der Waals surface area contributed by atoms with Gasteiger partial charge >= 0.3 is 0 Å². The van der Waals surface area contributed by atoms with Gasteiger partial charge in [-0.05, 0) is 26.0 Å². The van der Waals surface area contributed by atoms with Gasteiger partial charge in [-0.2, -0.15) is 0 Å². The Morgan fingerprint density at radius 3 is 2.84 bits per heavy atom. The molecule has 1 saturated heterocycles. The lowest BCUT2D eigenvalue weighted by Crippen LogP contribution is -2.39. The van der Waals surface area contributed by atoms with E-state index >= 15 is 0 Å². The summed E-state index contributed by atoms with van der Waals surface area (Å²) in [7, 11) is 1.99. The van der Waals surface area contributed by atoms with Gasteiger partial charge in [0.1, 0.15) is 6.17 Å². The van der Waals surface area contributed by atoms with E-state index in [9.17, 15) is 9.50 Å². The number of hydrogen-bond donors (Lipinski definition) is 1. The molecule has 1 aromatic heterocycles. The van der Waals surface area contributed by atoms with E-state index in [0.717, 1.165) is 24.3 Å². The number of likely N-dealkylation sites (tertiary alicyclic amines) is 1. The molecule has 1 aromatic carbocycles. The number of aliphatic hydroxyl groups excluding tert-OH is 1. The second-order valence-corrected chi connectivity index (χ2v) is 7.86. The molecule has 25 heavy (non-hydrogen) atoms. The molecule has 0 bridgehead atoms. The van der Waals surface area contributed by atoms with Crippen molar-refractivity contribution in [3.05, 3.63) is 52.0 Å². The monoisotopic (exact) mass is 363 g/mol. The zero-order valence-corrected chi connectivity index (χ0v) is 15.6. The van der Waals surface area contributed by atoms with Crippen molar-refractivity contribution < 1.29 is 9.50 Å². The summed E-state index contributed by atoms with van der Waals surface area (Å²) in [6, 6.07) is 9.85. The van der Waals surface area contributed by atoms with Crippen molar-refractivity contribution in [2.45, 2.75) is 38.2 Å². The molecule has 2 aromatic rings. The Morgan fingerprint density at radius 2 is 2.16 bits per heavy atom. The van der Waals surface area contributed by atoms with Gasteiger partial charge in [-0.1, -0.05) is 30.3 Å². The first-order chi connectivity index (χ1) is 12.0. The van der Waals surface area contributed by atoms with Crippen LogP contribution in [0.15, 0.2) is 35.8 Å². The maximum absolute atomic E-state index is 14.0. The zero-order chi connectivity index (χ0) is 17.8. The summed E-state index contributed by atoms with van der Waals surface area (Å²) in [5.74, 6) is 0. The molecule has 0 unspecified atom stereocenters. The first kappa shape index (κ1) is 18.5. The predicted molar refractivity (Wildman–Crippen MR) is 99.5 cm³/mol. The van der Waals surface area contributed by atoms with Crippen molar-refractivity contribution in [1.82, 2.24) is 14.8 Å². The van der Waals surface area contributed by atoms with E-state index in [1.54, 1.807) is 11.3 Å². The first-order valence-electron chi connectivity index (χ1n) is 8.71. The molecule has 2 heterocycles. The number of halogens is 1. The highest BCUT2D eigenvalue weighted by Gasteiger charge is 2.33. The fourth-order valence-electron chi connectivity index (χ4n) is 3.48. The summed E-state index contributed by atoms with van der Waals surface area (Å²) >= 11 is 1.64. The van der Waals surface area contributed by atoms with E-state index in [1.165, 1.54) is 4.88 Å². The van der Waals surface area contributed by atoms with E-state index < -0.39 is 12.3 Å². The quantitative estimate of drug-likeness (QED) is 0.821. The van der Waals surface area contributed by atoms with Crippen LogP contribution in [0.25, 0.3) is 0 Å². The van der Waals surface area contributed by atoms with Gasteiger partial charge in [0.2, 0.25) is 0 Å². The zero-order valence-electron chi connectivity index (χ0n) is 14.8. The molecular weight excluding hydrogens is 337 g/mol. The second kappa shape index (κ2) is 8.36. The van der Waals surface area contributed by atoms with E-state index in [4.69, 9.17) is 0 Å². The number of likely N-dealkylation sites (N-methyl/N-ethyl adjacent to an activating group) is 1. The number of aliphatic hydroxyl groups is 1. The Kier molecular flexibility index (Phi) is 6.17. The van der Waals surface area contributed by atoms with Crippen LogP contribution in [0, 0.1) is 6.92 Å². The minimum Gasteiger partial charge on any atom is -0.387 e. The van der Waals surface area contributed by atoms with Crippen molar-refractivity contribution >= 4 is 11.3 Å². The van der Waals surface area contributed by atoms with Crippen molar-refractivity contribution in [1.29, 1.82) is 0 Å². The van der Waals surface area contributed by atoms with Gasteiger partial charge in [-0.15, -0.1) is 11.3 Å². The molecule has 0 aliphatic carbocycles. The Bertz CT molecular complexity index is 666. The van der Waals surface area contributed by atoms with Gasteiger partial charge in [0.05, 0.1) is 17.3 Å². The molecule has 0 radical (unpaired) electrons. The molecule has 0 amide bonds. The molecule has 0 spiro atoms. The van der Waals surface area contributed by atoms with Gasteiger partial charge in [-0.25, -0.2) is 9.37 Å². The average molecular weight is 364 g/mol. The molecule has 1 aliphatic heterocycles. The van der Waals surface area contributed by atoms with Crippen molar-refractivity contribution in [3.8, 4) is 0 Å². The first-order valence-corrected chi connectivity index (χ1v) is 9.59. The largest absolute Gasteiger partial charge is 0.387 e. The minimum absolute atomic E-state index is 0.171. The highest BCUT2D eigenvalue weighted by Crippen LogP contribution is 2.26. The number of hydrogen-bond acceptors (Lipinski definition) is 5. The van der Waals surface area contributed by atoms with E-state index in [2.05, 4.69) is 14.8 Å². The number of rotatable bonds is 7. The summed E-state index contributed by atoms with van der Waals surface area (Å²) in [6.07, 6.45) is -0.736. The van der Waals surface area contributed by atoms with Crippen LogP contribution in [0.3, 0.4) is 0 Å². The third-order valence-electron chi connectivity index (χ3n) is 4.86. The fourth-order valence-corrected chi connectivity index (χ4v) is 4.28. The van der Waals surface area contributed by atoms with Gasteiger partial charge in [0, 0.05) is 37.1 Å². The van der Waals surface area contributed by atoms with Gasteiger partial charge < -0.3 is 10.0 Å². The summed E-state index contributed by atoms with van der Waals surface area (Å²) in [5.41, 5.74) is 3.81. The normalized spacial score (nSPS) is 22.6. The number of aryl methyl sites for hydroxylation is 1. The van der Waals surface area contributed by atoms with Gasteiger partial charge in [0.25, 0.3) is 0 Å². The van der Waals surface area contributed by atoms with Crippen molar-refractivity contribution in [3.63, 3.8) is 0 Å². The molecule has 136 valence electrons. The number of aromatic nitrogens is 1. The summed E-state index contributed by atoms with van der Waals surface area (Å²) in [6.45, 7) is 4.55. The van der Waals surface area contributed by atoms with Crippen LogP contribution in [0.1, 0.15) is 28.7 Å². The highest BCUT2D eigenvalue weighted by atomic mass is 32.1. The Balaban J connectivity index is 1.57. The number of alkyl halides is 1. The summed E-state index contributed by atoms with van der Waals surface area (Å²) in [4.78, 5) is 9.83. The molecular formula is C19H26FN3OS. The standard InChI is InChI=1S/C19H26FN3OS/c1-14-19(25-13-21-14)12-23-9-16(20)8-17(23)10-22(2)11-18(24)15-6-4-3-5-7-15/h3-7,13,16-18,24H,8-12H2,1-2H3/t16-,17-,18+/m0/s1. The highest BCUT2D eigenvalue weighted by molar-refractivity contribution is 7.09. The third-order valence-corrected chi connectivity index (χ3v) is 5.78. The summed E-state index contributed by atoms with van der Waals surface area (Å²) < 4.78 is 14.0. The van der Waals surface area contributed by atoms with E-state index in [-0.39, 0.29) is 6.04 Å². The average Bonchev–Trinajstić information content (AvgIpc) is 3.14. The van der Waals surface area contributed by atoms with Crippen LogP contribution in [0.4, 0.5) is 4.39 Å². The maximum atomic E-state index is 14.0. The lowest BCUT2D eigenvalue weighted by Gasteiger charge is -2.29. The smallest absolute Gasteiger partial charge is 0.114 e. The van der Waals surface area contributed by atoms with Crippen LogP contribution < -0.4 is 0 Å². The number of thiazole rings is 1. The predicted octanol–water partition coefficient (Wildman–Crippen LogP) is 3.03. The Labute approximate surface area is 152 Å². The SMILES string of the molecule is Cc1ncsc1CN1C[C@@H](F)C[C@H]1CN(C)C[C@@H](O)c1ccccc1. The number of benzene rings is 1. The number of nitrogens with zero attached hydrogens (tertiary/aromatic N) is 3. The topological polar surface area (TPSA) is 39.6 Å². The molecule has 1 aliphatic rings.